The monoisotopic (exact) mass is 345 g/mol. The lowest BCUT2D eigenvalue weighted by molar-refractivity contribution is 0.356. The van der Waals surface area contributed by atoms with Crippen LogP contribution in [0.5, 0.6) is 5.75 Å². The zero-order chi connectivity index (χ0) is 14.8. The van der Waals surface area contributed by atoms with Gasteiger partial charge in [-0.3, -0.25) is 0 Å². The number of fused-ring (bicyclic) bond motifs is 1. The maximum atomic E-state index is 5.57. The van der Waals surface area contributed by atoms with Crippen molar-refractivity contribution in [2.45, 2.75) is 32.4 Å². The van der Waals surface area contributed by atoms with E-state index in [0.717, 1.165) is 23.2 Å². The highest BCUT2D eigenvalue weighted by Crippen LogP contribution is 2.30. The third-order valence-electron chi connectivity index (χ3n) is 4.09. The van der Waals surface area contributed by atoms with Gasteiger partial charge in [-0.2, -0.15) is 0 Å². The molecule has 2 aromatic rings. The van der Waals surface area contributed by atoms with Gasteiger partial charge >= 0.3 is 0 Å². The Balaban J connectivity index is 1.74. The standard InChI is InChI=1S/C18H20BrNO/c1-12(14-7-8-18-15(11-14)9-10-21-18)20-13(2)16-5-3-4-6-17(16)19/h3-8,11-13,20H,9-10H2,1-2H3/t12?,13-/m1/s1. The van der Waals surface area contributed by atoms with E-state index in [-0.39, 0.29) is 0 Å². The Morgan fingerprint density at radius 3 is 2.71 bits per heavy atom. The molecule has 1 aliphatic rings. The Labute approximate surface area is 134 Å². The molecule has 0 fully saturated rings. The molecule has 0 radical (unpaired) electrons. The summed E-state index contributed by atoms with van der Waals surface area (Å²) in [5, 5.41) is 3.67. The molecule has 0 saturated carbocycles. The van der Waals surface area contributed by atoms with Crippen molar-refractivity contribution >= 4 is 15.9 Å². The van der Waals surface area contributed by atoms with Gasteiger partial charge in [0.1, 0.15) is 5.75 Å². The smallest absolute Gasteiger partial charge is 0.122 e. The molecule has 2 atom stereocenters. The Morgan fingerprint density at radius 1 is 1.10 bits per heavy atom. The summed E-state index contributed by atoms with van der Waals surface area (Å²) in [5.74, 6) is 1.05. The van der Waals surface area contributed by atoms with Crippen LogP contribution in [-0.4, -0.2) is 6.61 Å². The van der Waals surface area contributed by atoms with Gasteiger partial charge in [0.05, 0.1) is 6.61 Å². The van der Waals surface area contributed by atoms with E-state index in [1.807, 2.05) is 6.07 Å². The Morgan fingerprint density at radius 2 is 1.90 bits per heavy atom. The molecule has 0 bridgehead atoms. The summed E-state index contributed by atoms with van der Waals surface area (Å²) in [4.78, 5) is 0. The van der Waals surface area contributed by atoms with Crippen molar-refractivity contribution in [2.24, 2.45) is 0 Å². The van der Waals surface area contributed by atoms with E-state index in [2.05, 4.69) is 71.5 Å². The number of halogens is 1. The normalized spacial score (nSPS) is 16.1. The van der Waals surface area contributed by atoms with Crippen LogP contribution in [0.1, 0.15) is 42.6 Å². The number of nitrogens with one attached hydrogen (secondary N) is 1. The zero-order valence-electron chi connectivity index (χ0n) is 12.4. The van der Waals surface area contributed by atoms with Crippen LogP contribution in [0.15, 0.2) is 46.9 Å². The van der Waals surface area contributed by atoms with E-state index >= 15 is 0 Å². The topological polar surface area (TPSA) is 21.3 Å². The van der Waals surface area contributed by atoms with Crippen LogP contribution < -0.4 is 10.1 Å². The summed E-state index contributed by atoms with van der Waals surface area (Å²) >= 11 is 3.63. The summed E-state index contributed by atoms with van der Waals surface area (Å²) < 4.78 is 6.73. The van der Waals surface area contributed by atoms with Crippen LogP contribution in [0.2, 0.25) is 0 Å². The fraction of sp³-hybridized carbons (Fsp3) is 0.333. The van der Waals surface area contributed by atoms with E-state index in [9.17, 15) is 0 Å². The molecule has 2 aromatic carbocycles. The van der Waals surface area contributed by atoms with Gasteiger partial charge in [0, 0.05) is 23.0 Å². The molecule has 110 valence electrons. The van der Waals surface area contributed by atoms with E-state index in [4.69, 9.17) is 4.74 Å². The third-order valence-corrected chi connectivity index (χ3v) is 4.81. The second kappa shape index (κ2) is 6.20. The van der Waals surface area contributed by atoms with Gasteiger partial charge in [0.15, 0.2) is 0 Å². The van der Waals surface area contributed by atoms with Gasteiger partial charge in [-0.15, -0.1) is 0 Å². The van der Waals surface area contributed by atoms with Crippen molar-refractivity contribution in [1.82, 2.24) is 5.32 Å². The Hall–Kier alpha value is -1.32. The number of benzene rings is 2. The number of hydrogen-bond donors (Lipinski definition) is 1. The first-order valence-corrected chi connectivity index (χ1v) is 8.20. The molecule has 0 aromatic heterocycles. The molecule has 3 heteroatoms. The van der Waals surface area contributed by atoms with Crippen LogP contribution in [0, 0.1) is 0 Å². The number of ether oxygens (including phenoxy) is 1. The zero-order valence-corrected chi connectivity index (χ0v) is 14.0. The Bertz CT molecular complexity index is 641. The lowest BCUT2D eigenvalue weighted by Gasteiger charge is -2.22. The molecule has 21 heavy (non-hydrogen) atoms. The molecule has 1 unspecified atom stereocenters. The fourth-order valence-electron chi connectivity index (χ4n) is 2.86. The fourth-order valence-corrected chi connectivity index (χ4v) is 3.49. The summed E-state index contributed by atoms with van der Waals surface area (Å²) in [5.41, 5.74) is 3.93. The van der Waals surface area contributed by atoms with Gasteiger partial charge in [0.2, 0.25) is 0 Å². The minimum Gasteiger partial charge on any atom is -0.493 e. The van der Waals surface area contributed by atoms with Crippen molar-refractivity contribution in [3.05, 3.63) is 63.6 Å². The van der Waals surface area contributed by atoms with Gasteiger partial charge < -0.3 is 10.1 Å². The average Bonchev–Trinajstić information content (AvgIpc) is 2.94. The first kappa shape index (κ1) is 14.6. The van der Waals surface area contributed by atoms with Gasteiger partial charge in [-0.1, -0.05) is 46.3 Å². The minimum absolute atomic E-state index is 0.292. The molecule has 2 nitrogen and oxygen atoms in total. The lowest BCUT2D eigenvalue weighted by atomic mass is 10.0. The molecular formula is C18H20BrNO. The van der Waals surface area contributed by atoms with Crippen LogP contribution in [-0.2, 0) is 6.42 Å². The van der Waals surface area contributed by atoms with Crippen molar-refractivity contribution < 1.29 is 4.74 Å². The van der Waals surface area contributed by atoms with E-state index in [1.165, 1.54) is 16.7 Å². The summed E-state index contributed by atoms with van der Waals surface area (Å²) in [6, 6.07) is 15.5. The molecule has 0 amide bonds. The van der Waals surface area contributed by atoms with Crippen LogP contribution in [0.4, 0.5) is 0 Å². The molecule has 1 N–H and O–H groups in total. The van der Waals surface area contributed by atoms with Crippen LogP contribution >= 0.6 is 15.9 Å². The van der Waals surface area contributed by atoms with Crippen molar-refractivity contribution in [2.75, 3.05) is 6.61 Å². The maximum Gasteiger partial charge on any atom is 0.122 e. The summed E-state index contributed by atoms with van der Waals surface area (Å²) in [7, 11) is 0. The highest BCUT2D eigenvalue weighted by molar-refractivity contribution is 9.10. The number of hydrogen-bond acceptors (Lipinski definition) is 2. The first-order valence-electron chi connectivity index (χ1n) is 7.41. The second-order valence-corrected chi connectivity index (χ2v) is 6.45. The van der Waals surface area contributed by atoms with Gasteiger partial charge in [-0.25, -0.2) is 0 Å². The Kier molecular flexibility index (Phi) is 4.32. The summed E-state index contributed by atoms with van der Waals surface area (Å²) in [6.07, 6.45) is 1.02. The largest absolute Gasteiger partial charge is 0.493 e. The minimum atomic E-state index is 0.292. The SMILES string of the molecule is CC(N[C@H](C)c1ccccc1Br)c1ccc2c(c1)CCO2. The highest BCUT2D eigenvalue weighted by Gasteiger charge is 2.17. The van der Waals surface area contributed by atoms with Crippen LogP contribution in [0.25, 0.3) is 0 Å². The second-order valence-electron chi connectivity index (χ2n) is 5.60. The predicted octanol–water partition coefficient (Wildman–Crippen LogP) is 4.80. The van der Waals surface area contributed by atoms with Gasteiger partial charge in [0.25, 0.3) is 0 Å². The molecule has 0 aliphatic carbocycles. The van der Waals surface area contributed by atoms with Crippen molar-refractivity contribution in [3.63, 3.8) is 0 Å². The number of rotatable bonds is 4. The van der Waals surface area contributed by atoms with Crippen molar-refractivity contribution in [1.29, 1.82) is 0 Å². The molecule has 1 heterocycles. The molecule has 0 saturated heterocycles. The molecular weight excluding hydrogens is 326 g/mol. The summed E-state index contributed by atoms with van der Waals surface area (Å²) in [6.45, 7) is 5.23. The van der Waals surface area contributed by atoms with Crippen molar-refractivity contribution in [3.8, 4) is 5.75 Å². The quantitative estimate of drug-likeness (QED) is 0.859. The maximum absolute atomic E-state index is 5.57. The first-order chi connectivity index (χ1) is 10.1. The van der Waals surface area contributed by atoms with E-state index < -0.39 is 0 Å². The molecule has 3 rings (SSSR count). The highest BCUT2D eigenvalue weighted by atomic mass is 79.9. The van der Waals surface area contributed by atoms with Crippen LogP contribution in [0.3, 0.4) is 0 Å². The van der Waals surface area contributed by atoms with E-state index in [1.54, 1.807) is 0 Å². The van der Waals surface area contributed by atoms with E-state index in [0.29, 0.717) is 12.1 Å². The third kappa shape index (κ3) is 3.14. The lowest BCUT2D eigenvalue weighted by Crippen LogP contribution is -2.22. The molecule has 1 aliphatic heterocycles. The molecule has 0 spiro atoms. The average molecular weight is 346 g/mol. The van der Waals surface area contributed by atoms with Gasteiger partial charge in [-0.05, 0) is 42.7 Å². The predicted molar refractivity (Wildman–Crippen MR) is 89.7 cm³/mol.